The zero-order chi connectivity index (χ0) is 36.9. The fourth-order valence-electron chi connectivity index (χ4n) is 6.74. The van der Waals surface area contributed by atoms with Gasteiger partial charge in [-0.2, -0.15) is 0 Å². The quantitative estimate of drug-likeness (QED) is 0.0692. The molecule has 2 aromatic carbocycles. The number of carbonyl (C=O) groups is 4. The highest BCUT2D eigenvalue weighted by atomic mass is 16.6. The van der Waals surface area contributed by atoms with E-state index in [4.69, 9.17) is 9.47 Å². The maximum atomic E-state index is 12.4. The number of benzene rings is 2. The summed E-state index contributed by atoms with van der Waals surface area (Å²) >= 11 is 0. The van der Waals surface area contributed by atoms with Crippen LogP contribution in [0.15, 0.2) is 48.5 Å². The van der Waals surface area contributed by atoms with Gasteiger partial charge in [-0.05, 0) is 68.7 Å². The lowest BCUT2D eigenvalue weighted by atomic mass is 9.98. The number of esters is 1. The van der Waals surface area contributed by atoms with Crippen molar-refractivity contribution in [2.75, 3.05) is 13.2 Å². The van der Waals surface area contributed by atoms with Crippen LogP contribution in [-0.2, 0) is 23.9 Å². The molecule has 0 aromatic heterocycles. The van der Waals surface area contributed by atoms with Gasteiger partial charge in [0.15, 0.2) is 0 Å². The first-order valence-electron chi connectivity index (χ1n) is 19.4. The molecule has 0 spiro atoms. The summed E-state index contributed by atoms with van der Waals surface area (Å²) < 4.78 is 10.9. The molecule has 0 radical (unpaired) electrons. The number of rotatable bonds is 25. The molecule has 0 saturated heterocycles. The van der Waals surface area contributed by atoms with Crippen molar-refractivity contribution in [3.8, 4) is 11.1 Å². The maximum Gasteiger partial charge on any atom is 0.407 e. The summed E-state index contributed by atoms with van der Waals surface area (Å²) in [4.78, 5) is 48.3. The number of hydrogen-bond donors (Lipinski definition) is 3. The summed E-state index contributed by atoms with van der Waals surface area (Å²) in [7, 11) is 0. The first kappa shape index (κ1) is 41.5. The van der Waals surface area contributed by atoms with Crippen molar-refractivity contribution in [2.24, 2.45) is 0 Å². The van der Waals surface area contributed by atoms with Gasteiger partial charge in [-0.1, -0.05) is 126 Å². The van der Waals surface area contributed by atoms with Gasteiger partial charge in [0.25, 0.3) is 0 Å². The van der Waals surface area contributed by atoms with E-state index in [1.165, 1.54) is 51.4 Å². The number of unbranched alkanes of at least 4 members (excludes halogenated alkanes) is 13. The third-order valence-corrected chi connectivity index (χ3v) is 9.37. The van der Waals surface area contributed by atoms with Gasteiger partial charge in [-0.25, -0.2) is 9.59 Å². The van der Waals surface area contributed by atoms with E-state index < -0.39 is 23.7 Å². The molecule has 9 heteroatoms. The first-order valence-corrected chi connectivity index (χ1v) is 19.4. The minimum atomic E-state index is -1.07. The highest BCUT2D eigenvalue weighted by molar-refractivity contribution is 5.83. The van der Waals surface area contributed by atoms with E-state index in [-0.39, 0.29) is 37.4 Å². The second-order valence-electron chi connectivity index (χ2n) is 14.9. The van der Waals surface area contributed by atoms with Crippen LogP contribution in [0.4, 0.5) is 4.79 Å². The van der Waals surface area contributed by atoms with Gasteiger partial charge in [-0.15, -0.1) is 0 Å². The summed E-state index contributed by atoms with van der Waals surface area (Å²) in [6.07, 6.45) is 16.8. The van der Waals surface area contributed by atoms with Crippen molar-refractivity contribution in [1.82, 2.24) is 10.6 Å². The van der Waals surface area contributed by atoms with E-state index in [0.29, 0.717) is 19.3 Å². The number of carboxylic acid groups (broad SMARTS) is 1. The van der Waals surface area contributed by atoms with E-state index in [1.807, 2.05) is 45.0 Å². The van der Waals surface area contributed by atoms with E-state index >= 15 is 0 Å². The van der Waals surface area contributed by atoms with Crippen molar-refractivity contribution < 1.29 is 33.8 Å². The molecule has 0 unspecified atom stereocenters. The topological polar surface area (TPSA) is 131 Å². The van der Waals surface area contributed by atoms with Crippen LogP contribution >= 0.6 is 0 Å². The number of hydrogen-bond acceptors (Lipinski definition) is 6. The fraction of sp³-hybridized carbons (Fsp3) is 0.619. The summed E-state index contributed by atoms with van der Waals surface area (Å²) in [6.45, 7) is 6.18. The Hall–Kier alpha value is -3.88. The molecule has 3 rings (SSSR count). The molecular weight excluding hydrogens is 644 g/mol. The Morgan fingerprint density at radius 1 is 0.686 bits per heavy atom. The van der Waals surface area contributed by atoms with Crippen LogP contribution in [0.5, 0.6) is 0 Å². The standard InChI is InChI=1S/C42H62N2O7/c1-42(2,3)51-39(46)29-17-15-13-11-9-7-5-4-6-8-10-12-14-16-28-38(45)44-37(40(47)48)27-22-30-43-41(49)50-31-36-34-25-20-18-23-32(34)33-24-19-21-26-35(33)36/h18-21,23-26,36-37H,4-17,22,27-31H2,1-3H3,(H,43,49)(H,44,45)(H,47,48)/t37-/m0/s1. The smallest absolute Gasteiger partial charge is 0.407 e. The zero-order valence-electron chi connectivity index (χ0n) is 31.3. The Kier molecular flexibility index (Phi) is 18.6. The SMILES string of the molecule is CC(C)(C)OC(=O)CCCCCCCCCCCCCCCCC(=O)N[C@@H](CCCNC(=O)OCC1c2ccccc2-c2ccccc21)C(=O)O. The molecule has 1 aliphatic carbocycles. The lowest BCUT2D eigenvalue weighted by Crippen LogP contribution is -2.41. The monoisotopic (exact) mass is 706 g/mol. The van der Waals surface area contributed by atoms with Gasteiger partial charge in [0.2, 0.25) is 5.91 Å². The molecule has 2 aromatic rings. The van der Waals surface area contributed by atoms with E-state index in [1.54, 1.807) is 0 Å². The van der Waals surface area contributed by atoms with E-state index in [0.717, 1.165) is 60.8 Å². The summed E-state index contributed by atoms with van der Waals surface area (Å²) in [5.41, 5.74) is 4.21. The molecule has 0 aliphatic heterocycles. The number of amides is 2. The van der Waals surface area contributed by atoms with Crippen molar-refractivity contribution in [3.05, 3.63) is 59.7 Å². The third-order valence-electron chi connectivity index (χ3n) is 9.37. The van der Waals surface area contributed by atoms with Crippen LogP contribution in [-0.4, -0.2) is 53.8 Å². The normalized spacial score (nSPS) is 12.8. The molecule has 3 N–H and O–H groups in total. The molecule has 9 nitrogen and oxygen atoms in total. The molecule has 1 aliphatic rings. The number of fused-ring (bicyclic) bond motifs is 3. The van der Waals surface area contributed by atoms with Crippen LogP contribution in [0.2, 0.25) is 0 Å². The Morgan fingerprint density at radius 3 is 1.65 bits per heavy atom. The van der Waals surface area contributed by atoms with Crippen LogP contribution in [0.25, 0.3) is 11.1 Å². The van der Waals surface area contributed by atoms with Gasteiger partial charge in [0.05, 0.1) is 0 Å². The molecule has 0 heterocycles. The fourth-order valence-corrected chi connectivity index (χ4v) is 6.74. The van der Waals surface area contributed by atoms with Crippen molar-refractivity contribution in [1.29, 1.82) is 0 Å². The molecule has 0 fully saturated rings. The van der Waals surface area contributed by atoms with Gasteiger partial charge >= 0.3 is 18.0 Å². The Bertz CT molecular complexity index is 1320. The maximum absolute atomic E-state index is 12.4. The highest BCUT2D eigenvalue weighted by Crippen LogP contribution is 2.44. The lowest BCUT2D eigenvalue weighted by molar-refractivity contribution is -0.155. The lowest BCUT2D eigenvalue weighted by Gasteiger charge is -2.19. The molecule has 1 atom stereocenters. The number of nitrogens with one attached hydrogen (secondary N) is 2. The third kappa shape index (κ3) is 16.3. The van der Waals surface area contributed by atoms with Gasteiger partial charge < -0.3 is 25.2 Å². The Labute approximate surface area is 305 Å². The summed E-state index contributed by atoms with van der Waals surface area (Å²) in [5.74, 6) is -1.43. The number of aliphatic carboxylic acids is 1. The second-order valence-corrected chi connectivity index (χ2v) is 14.9. The zero-order valence-corrected chi connectivity index (χ0v) is 31.3. The van der Waals surface area contributed by atoms with Gasteiger partial charge in [0, 0.05) is 25.3 Å². The van der Waals surface area contributed by atoms with Crippen molar-refractivity contribution in [2.45, 2.75) is 154 Å². The molecule has 282 valence electrons. The number of ether oxygens (including phenoxy) is 2. The largest absolute Gasteiger partial charge is 0.480 e. The Morgan fingerprint density at radius 2 is 1.16 bits per heavy atom. The minimum Gasteiger partial charge on any atom is -0.480 e. The van der Waals surface area contributed by atoms with Crippen LogP contribution in [0.1, 0.15) is 153 Å². The second kappa shape index (κ2) is 22.8. The Balaban J connectivity index is 1.13. The minimum absolute atomic E-state index is 0.0254. The van der Waals surface area contributed by atoms with Crippen molar-refractivity contribution >= 4 is 23.9 Å². The highest BCUT2D eigenvalue weighted by Gasteiger charge is 2.29. The molecular formula is C42H62N2O7. The predicted octanol–water partition coefficient (Wildman–Crippen LogP) is 9.46. The van der Waals surface area contributed by atoms with Crippen molar-refractivity contribution in [3.63, 3.8) is 0 Å². The average Bonchev–Trinajstić information content (AvgIpc) is 3.41. The molecule has 0 saturated carbocycles. The van der Waals surface area contributed by atoms with Crippen LogP contribution in [0.3, 0.4) is 0 Å². The predicted molar refractivity (Wildman–Crippen MR) is 202 cm³/mol. The molecule has 2 amide bonds. The van der Waals surface area contributed by atoms with Gasteiger partial charge in [0.1, 0.15) is 18.2 Å². The average molecular weight is 707 g/mol. The number of alkyl carbamates (subject to hydrolysis) is 1. The number of carboxylic acids is 1. The van der Waals surface area contributed by atoms with E-state index in [9.17, 15) is 24.3 Å². The summed E-state index contributed by atoms with van der Waals surface area (Å²) in [6, 6.07) is 15.3. The van der Waals surface area contributed by atoms with Crippen LogP contribution in [0, 0.1) is 0 Å². The van der Waals surface area contributed by atoms with E-state index in [2.05, 4.69) is 34.9 Å². The van der Waals surface area contributed by atoms with Gasteiger partial charge in [-0.3, -0.25) is 9.59 Å². The molecule has 51 heavy (non-hydrogen) atoms. The molecule has 0 bridgehead atoms. The first-order chi connectivity index (χ1) is 24.5. The van der Waals surface area contributed by atoms with Crippen LogP contribution < -0.4 is 10.6 Å². The number of carbonyl (C=O) groups excluding carboxylic acids is 3. The summed E-state index contributed by atoms with van der Waals surface area (Å²) in [5, 5.41) is 15.0.